The van der Waals surface area contributed by atoms with Crippen LogP contribution in [0.15, 0.2) is 60.8 Å². The molecule has 0 spiro atoms. The molecule has 1 saturated heterocycles. The van der Waals surface area contributed by atoms with Crippen molar-refractivity contribution < 1.29 is 14.5 Å². The number of nitro benzene ring substituents is 1. The molecule has 9 nitrogen and oxygen atoms in total. The molecule has 1 unspecified atom stereocenters. The third-order valence-electron chi connectivity index (χ3n) is 5.68. The minimum atomic E-state index is -0.454. The average molecular weight is 435 g/mol. The second-order valence-corrected chi connectivity index (χ2v) is 7.63. The maximum Gasteiger partial charge on any atom is 0.271 e. The molecule has 1 N–H and O–H groups in total. The van der Waals surface area contributed by atoms with Gasteiger partial charge in [0.15, 0.2) is 5.69 Å². The molecule has 1 amide bonds. The predicted octanol–water partition coefficient (Wildman–Crippen LogP) is 3.36. The summed E-state index contributed by atoms with van der Waals surface area (Å²) in [5, 5.41) is 18.2. The van der Waals surface area contributed by atoms with E-state index in [4.69, 9.17) is 4.74 Å². The molecule has 0 saturated carbocycles. The number of nitrogens with one attached hydrogen (secondary N) is 1. The highest BCUT2D eigenvalue weighted by Gasteiger charge is 2.26. The lowest BCUT2D eigenvalue weighted by molar-refractivity contribution is -0.384. The van der Waals surface area contributed by atoms with Gasteiger partial charge in [-0.15, -0.1) is 0 Å². The van der Waals surface area contributed by atoms with E-state index in [9.17, 15) is 14.9 Å². The summed E-state index contributed by atoms with van der Waals surface area (Å²) in [6.45, 7) is 2.39. The zero-order valence-corrected chi connectivity index (χ0v) is 17.8. The largest absolute Gasteiger partial charge is 0.496 e. The molecule has 3 aromatic rings. The number of nitrogens with zero attached hydrogens (tertiary/aromatic N) is 4. The van der Waals surface area contributed by atoms with Gasteiger partial charge in [0.25, 0.3) is 11.6 Å². The van der Waals surface area contributed by atoms with Crippen LogP contribution in [0.5, 0.6) is 5.75 Å². The zero-order valence-electron chi connectivity index (χ0n) is 17.8. The first-order chi connectivity index (χ1) is 15.6. The van der Waals surface area contributed by atoms with E-state index in [1.54, 1.807) is 31.5 Å². The summed E-state index contributed by atoms with van der Waals surface area (Å²) in [5.74, 6) is 0.533. The van der Waals surface area contributed by atoms with Crippen molar-refractivity contribution in [2.45, 2.75) is 18.9 Å². The number of benzene rings is 2. The Labute approximate surface area is 185 Å². The molecule has 4 rings (SSSR count). The van der Waals surface area contributed by atoms with Gasteiger partial charge in [-0.3, -0.25) is 19.8 Å². The van der Waals surface area contributed by atoms with Crippen LogP contribution >= 0.6 is 0 Å². The van der Waals surface area contributed by atoms with Crippen LogP contribution in [0.25, 0.3) is 5.69 Å². The molecule has 1 aliphatic heterocycles. The number of methoxy groups -OCH3 is 1. The fourth-order valence-corrected chi connectivity index (χ4v) is 4.03. The first kappa shape index (κ1) is 21.5. The van der Waals surface area contributed by atoms with Gasteiger partial charge in [-0.25, -0.2) is 4.68 Å². The standard InChI is InChI=1S/C23H25N5O4/c1-32-22-7-3-2-6-19(22)21(26-13-4-5-14-26)16-24-23(29)20-12-15-27(25-20)17-8-10-18(11-9-17)28(30)31/h2-3,6-12,15,21H,4-5,13-14,16H2,1H3,(H,24,29). The topological polar surface area (TPSA) is 103 Å². The second kappa shape index (κ2) is 9.61. The molecule has 9 heteroatoms. The van der Waals surface area contributed by atoms with E-state index in [1.807, 2.05) is 24.3 Å². The Bertz CT molecular complexity index is 1090. The highest BCUT2D eigenvalue weighted by atomic mass is 16.6. The van der Waals surface area contributed by atoms with E-state index >= 15 is 0 Å². The fraction of sp³-hybridized carbons (Fsp3) is 0.304. The number of nitro groups is 1. The van der Waals surface area contributed by atoms with E-state index in [0.717, 1.165) is 37.2 Å². The predicted molar refractivity (Wildman–Crippen MR) is 119 cm³/mol. The molecule has 2 heterocycles. The quantitative estimate of drug-likeness (QED) is 0.430. The number of carbonyl (C=O) groups excluding carboxylic acids is 1. The van der Waals surface area contributed by atoms with Crippen LogP contribution in [-0.4, -0.2) is 52.3 Å². The Morgan fingerprint density at radius 3 is 2.56 bits per heavy atom. The lowest BCUT2D eigenvalue weighted by Crippen LogP contribution is -2.37. The summed E-state index contributed by atoms with van der Waals surface area (Å²) in [4.78, 5) is 25.6. The minimum Gasteiger partial charge on any atom is -0.496 e. The molecule has 166 valence electrons. The Hall–Kier alpha value is -3.72. The van der Waals surface area contributed by atoms with Gasteiger partial charge in [0.05, 0.1) is 23.8 Å². The molecule has 1 aromatic heterocycles. The molecular formula is C23H25N5O4. The van der Waals surface area contributed by atoms with Crippen molar-refractivity contribution in [2.75, 3.05) is 26.7 Å². The summed E-state index contributed by atoms with van der Waals surface area (Å²) in [7, 11) is 1.66. The molecule has 1 atom stereocenters. The smallest absolute Gasteiger partial charge is 0.271 e. The molecular weight excluding hydrogens is 410 g/mol. The van der Waals surface area contributed by atoms with Gasteiger partial charge < -0.3 is 10.1 Å². The molecule has 0 radical (unpaired) electrons. The number of rotatable bonds is 8. The van der Waals surface area contributed by atoms with Crippen molar-refractivity contribution in [2.24, 2.45) is 0 Å². The van der Waals surface area contributed by atoms with Gasteiger partial charge >= 0.3 is 0 Å². The Kier molecular flexibility index (Phi) is 6.46. The first-order valence-electron chi connectivity index (χ1n) is 10.5. The fourth-order valence-electron chi connectivity index (χ4n) is 4.03. The third-order valence-corrected chi connectivity index (χ3v) is 5.68. The van der Waals surface area contributed by atoms with Crippen LogP contribution in [0.3, 0.4) is 0 Å². The number of hydrogen-bond donors (Lipinski definition) is 1. The molecule has 0 aliphatic carbocycles. The maximum absolute atomic E-state index is 12.8. The number of aromatic nitrogens is 2. The van der Waals surface area contributed by atoms with E-state index in [0.29, 0.717) is 12.2 Å². The van der Waals surface area contributed by atoms with Crippen LogP contribution in [0.1, 0.15) is 34.9 Å². The Morgan fingerprint density at radius 2 is 1.88 bits per heavy atom. The normalized spacial score (nSPS) is 14.8. The van der Waals surface area contributed by atoms with Gasteiger partial charge in [0, 0.05) is 30.4 Å². The second-order valence-electron chi connectivity index (χ2n) is 7.63. The summed E-state index contributed by atoms with van der Waals surface area (Å²) < 4.78 is 7.08. The van der Waals surface area contributed by atoms with Gasteiger partial charge in [-0.1, -0.05) is 18.2 Å². The van der Waals surface area contributed by atoms with Crippen LogP contribution < -0.4 is 10.1 Å². The van der Waals surface area contributed by atoms with Crippen LogP contribution in [-0.2, 0) is 0 Å². The SMILES string of the molecule is COc1ccccc1C(CNC(=O)c1ccn(-c2ccc([N+](=O)[O-])cc2)n1)N1CCCC1. The summed E-state index contributed by atoms with van der Waals surface area (Å²) >= 11 is 0. The van der Waals surface area contributed by atoms with Crippen molar-refractivity contribution in [3.05, 3.63) is 82.2 Å². The van der Waals surface area contributed by atoms with Gasteiger partial charge in [-0.2, -0.15) is 5.10 Å². The highest BCUT2D eigenvalue weighted by molar-refractivity contribution is 5.92. The number of carbonyl (C=O) groups is 1. The monoisotopic (exact) mass is 435 g/mol. The van der Waals surface area contributed by atoms with E-state index in [1.165, 1.54) is 16.8 Å². The number of amides is 1. The Morgan fingerprint density at radius 1 is 1.16 bits per heavy atom. The van der Waals surface area contributed by atoms with Crippen molar-refractivity contribution in [1.29, 1.82) is 0 Å². The maximum atomic E-state index is 12.8. The van der Waals surface area contributed by atoms with E-state index in [2.05, 4.69) is 15.3 Å². The first-order valence-corrected chi connectivity index (χ1v) is 10.5. The number of ether oxygens (including phenoxy) is 1. The van der Waals surface area contributed by atoms with Gasteiger partial charge in [0.2, 0.25) is 0 Å². The molecule has 0 bridgehead atoms. The van der Waals surface area contributed by atoms with Crippen LogP contribution in [0.4, 0.5) is 5.69 Å². The van der Waals surface area contributed by atoms with Crippen LogP contribution in [0, 0.1) is 10.1 Å². The summed E-state index contributed by atoms with van der Waals surface area (Å²) in [6.07, 6.45) is 3.94. The average Bonchev–Trinajstić information content (AvgIpc) is 3.52. The molecule has 1 fully saturated rings. The number of para-hydroxylation sites is 1. The van der Waals surface area contributed by atoms with Gasteiger partial charge in [-0.05, 0) is 50.2 Å². The van der Waals surface area contributed by atoms with E-state index < -0.39 is 4.92 Å². The van der Waals surface area contributed by atoms with Crippen molar-refractivity contribution >= 4 is 11.6 Å². The van der Waals surface area contributed by atoms with E-state index in [-0.39, 0.29) is 23.3 Å². The van der Waals surface area contributed by atoms with Crippen molar-refractivity contribution in [3.63, 3.8) is 0 Å². The lowest BCUT2D eigenvalue weighted by Gasteiger charge is -2.29. The summed E-state index contributed by atoms with van der Waals surface area (Å²) in [5.41, 5.74) is 1.97. The van der Waals surface area contributed by atoms with Crippen LogP contribution in [0.2, 0.25) is 0 Å². The molecule has 32 heavy (non-hydrogen) atoms. The van der Waals surface area contributed by atoms with Crippen molar-refractivity contribution in [1.82, 2.24) is 20.0 Å². The summed E-state index contributed by atoms with van der Waals surface area (Å²) in [6, 6.07) is 15.5. The Balaban J connectivity index is 1.47. The zero-order chi connectivity index (χ0) is 22.5. The molecule has 1 aliphatic rings. The highest BCUT2D eigenvalue weighted by Crippen LogP contribution is 2.31. The lowest BCUT2D eigenvalue weighted by atomic mass is 10.0. The van der Waals surface area contributed by atoms with Crippen molar-refractivity contribution in [3.8, 4) is 11.4 Å². The molecule has 2 aromatic carbocycles. The van der Waals surface area contributed by atoms with Gasteiger partial charge in [0.1, 0.15) is 5.75 Å². The number of hydrogen-bond acceptors (Lipinski definition) is 6. The number of likely N-dealkylation sites (tertiary alicyclic amines) is 1. The minimum absolute atomic E-state index is 0.00293. The third kappa shape index (κ3) is 4.62. The number of non-ortho nitro benzene ring substituents is 1.